The van der Waals surface area contributed by atoms with E-state index in [1.807, 2.05) is 36.7 Å². The lowest BCUT2D eigenvalue weighted by Crippen LogP contribution is -2.56. The molecule has 1 aliphatic heterocycles. The number of aromatic nitrogens is 4. The zero-order chi connectivity index (χ0) is 28.4. The predicted molar refractivity (Wildman–Crippen MR) is 152 cm³/mol. The fraction of sp³-hybridized carbons (Fsp3) is 0.400. The highest BCUT2D eigenvalue weighted by Gasteiger charge is 2.30. The zero-order valence-corrected chi connectivity index (χ0v) is 23.6. The molecule has 0 saturated carbocycles. The van der Waals surface area contributed by atoms with Crippen LogP contribution in [0.3, 0.4) is 0 Å². The molecule has 0 unspecified atom stereocenters. The van der Waals surface area contributed by atoms with Crippen molar-refractivity contribution >= 4 is 11.3 Å². The Morgan fingerprint density at radius 3 is 2.55 bits per heavy atom. The van der Waals surface area contributed by atoms with Crippen LogP contribution < -0.4 is 14.4 Å². The van der Waals surface area contributed by atoms with Gasteiger partial charge in [0.15, 0.2) is 0 Å². The number of fused-ring (bicyclic) bond motifs is 1. The van der Waals surface area contributed by atoms with Crippen molar-refractivity contribution in [2.24, 2.45) is 0 Å². The molecule has 5 rings (SSSR count). The van der Waals surface area contributed by atoms with Gasteiger partial charge in [0, 0.05) is 61.3 Å². The molecule has 4 aromatic rings. The summed E-state index contributed by atoms with van der Waals surface area (Å²) in [7, 11) is 1.62. The number of aliphatic hydroxyl groups is 1. The Hall–Kier alpha value is -4.20. The Morgan fingerprint density at radius 1 is 1.07 bits per heavy atom. The van der Waals surface area contributed by atoms with Crippen LogP contribution in [0.5, 0.6) is 11.6 Å². The maximum atomic E-state index is 10.1. The second-order valence-corrected chi connectivity index (χ2v) is 11.0. The summed E-state index contributed by atoms with van der Waals surface area (Å²) in [4.78, 5) is 14.0. The van der Waals surface area contributed by atoms with Gasteiger partial charge >= 0.3 is 0 Å². The SMILES string of the molecule is COc1ccc(CN2C[C@@H](C)N(c3ccc(-c4cc(OCC(C)(C)O)cn5ncc(C#N)c45)cn3)C[C@H]2C)cn1. The molecule has 0 radical (unpaired) electrons. The molecule has 0 aromatic carbocycles. The van der Waals surface area contributed by atoms with Crippen molar-refractivity contribution in [1.82, 2.24) is 24.5 Å². The predicted octanol–water partition coefficient (Wildman–Crippen LogP) is 3.92. The molecule has 1 saturated heterocycles. The minimum Gasteiger partial charge on any atom is -0.489 e. The molecular formula is C30H35N7O3. The van der Waals surface area contributed by atoms with E-state index in [0.29, 0.717) is 28.8 Å². The lowest BCUT2D eigenvalue weighted by molar-refractivity contribution is 0.0283. The minimum absolute atomic E-state index is 0.124. The smallest absolute Gasteiger partial charge is 0.212 e. The Morgan fingerprint density at radius 2 is 1.90 bits per heavy atom. The van der Waals surface area contributed by atoms with Gasteiger partial charge in [-0.1, -0.05) is 6.07 Å². The van der Waals surface area contributed by atoms with Gasteiger partial charge in [0.05, 0.1) is 36.2 Å². The van der Waals surface area contributed by atoms with Crippen molar-refractivity contribution in [3.63, 3.8) is 0 Å². The van der Waals surface area contributed by atoms with Gasteiger partial charge in [-0.2, -0.15) is 10.4 Å². The highest BCUT2D eigenvalue weighted by atomic mass is 16.5. The summed E-state index contributed by atoms with van der Waals surface area (Å²) in [5.74, 6) is 2.08. The quantitative estimate of drug-likeness (QED) is 0.355. The van der Waals surface area contributed by atoms with E-state index in [0.717, 1.165) is 42.1 Å². The Balaban J connectivity index is 1.36. The normalized spacial score (nSPS) is 18.1. The van der Waals surface area contributed by atoms with Crippen LogP contribution in [0.2, 0.25) is 0 Å². The first kappa shape index (κ1) is 27.4. The third kappa shape index (κ3) is 5.86. The maximum absolute atomic E-state index is 10.1. The Kier molecular flexibility index (Phi) is 7.61. The van der Waals surface area contributed by atoms with E-state index in [4.69, 9.17) is 14.5 Å². The molecule has 0 bridgehead atoms. The van der Waals surface area contributed by atoms with Crippen molar-refractivity contribution < 1.29 is 14.6 Å². The summed E-state index contributed by atoms with van der Waals surface area (Å²) in [6.45, 7) is 10.5. The third-order valence-corrected chi connectivity index (χ3v) is 7.16. The summed E-state index contributed by atoms with van der Waals surface area (Å²) in [5.41, 5.74) is 2.98. The van der Waals surface area contributed by atoms with E-state index in [1.165, 1.54) is 0 Å². The molecule has 1 N–H and O–H groups in total. The average molecular weight is 542 g/mol. The average Bonchev–Trinajstić information content (AvgIpc) is 3.36. The molecule has 1 aliphatic rings. The second kappa shape index (κ2) is 11.1. The maximum Gasteiger partial charge on any atom is 0.212 e. The summed E-state index contributed by atoms with van der Waals surface area (Å²) in [6.07, 6.45) is 6.98. The van der Waals surface area contributed by atoms with Crippen molar-refractivity contribution in [3.05, 3.63) is 66.2 Å². The second-order valence-electron chi connectivity index (χ2n) is 11.0. The van der Waals surface area contributed by atoms with Gasteiger partial charge in [-0.05, 0) is 51.5 Å². The summed E-state index contributed by atoms with van der Waals surface area (Å²) >= 11 is 0. The fourth-order valence-electron chi connectivity index (χ4n) is 5.05. The number of hydrogen-bond donors (Lipinski definition) is 1. The van der Waals surface area contributed by atoms with Gasteiger partial charge in [0.2, 0.25) is 5.88 Å². The van der Waals surface area contributed by atoms with E-state index in [9.17, 15) is 10.4 Å². The highest BCUT2D eigenvalue weighted by molar-refractivity contribution is 5.85. The Labute approximate surface area is 234 Å². The van der Waals surface area contributed by atoms with Crippen molar-refractivity contribution in [1.29, 1.82) is 5.26 Å². The fourth-order valence-corrected chi connectivity index (χ4v) is 5.05. The number of rotatable bonds is 8. The van der Waals surface area contributed by atoms with Crippen LogP contribution in [0.1, 0.15) is 38.8 Å². The lowest BCUT2D eigenvalue weighted by Gasteiger charge is -2.44. The van der Waals surface area contributed by atoms with Crippen LogP contribution in [0.4, 0.5) is 5.82 Å². The molecule has 0 spiro atoms. The van der Waals surface area contributed by atoms with Crippen molar-refractivity contribution in [2.75, 3.05) is 31.7 Å². The molecule has 4 aromatic heterocycles. The van der Waals surface area contributed by atoms with Gasteiger partial charge in [0.25, 0.3) is 0 Å². The first-order valence-corrected chi connectivity index (χ1v) is 13.4. The first-order chi connectivity index (χ1) is 19.1. The monoisotopic (exact) mass is 541 g/mol. The van der Waals surface area contributed by atoms with Crippen LogP contribution in [0.15, 0.2) is 55.1 Å². The van der Waals surface area contributed by atoms with E-state index in [2.05, 4.69) is 45.9 Å². The number of pyridine rings is 3. The zero-order valence-electron chi connectivity index (χ0n) is 23.6. The summed E-state index contributed by atoms with van der Waals surface area (Å²) in [5, 5.41) is 24.1. The largest absolute Gasteiger partial charge is 0.489 e. The molecule has 1 fully saturated rings. The van der Waals surface area contributed by atoms with Crippen LogP contribution in [0.25, 0.3) is 16.6 Å². The highest BCUT2D eigenvalue weighted by Crippen LogP contribution is 2.32. The first-order valence-electron chi connectivity index (χ1n) is 13.4. The summed E-state index contributed by atoms with van der Waals surface area (Å²) in [6, 6.07) is 12.7. The molecule has 40 heavy (non-hydrogen) atoms. The summed E-state index contributed by atoms with van der Waals surface area (Å²) < 4.78 is 12.7. The van der Waals surface area contributed by atoms with Gasteiger partial charge in [-0.3, -0.25) is 4.90 Å². The Bertz CT molecular complexity index is 1500. The van der Waals surface area contributed by atoms with Crippen LogP contribution in [-0.4, -0.2) is 74.1 Å². The van der Waals surface area contributed by atoms with Crippen LogP contribution in [-0.2, 0) is 6.54 Å². The number of ether oxygens (including phenoxy) is 2. The number of methoxy groups -OCH3 is 1. The standard InChI is InChI=1S/C30H35N7O3/c1-20-16-36(21(2)15-35(20)17-22-6-9-28(39-5)33-12-22)27-8-7-23(13-32-27)26-10-25(40-19-30(3,4)38)18-37-29(26)24(11-31)14-34-37/h6-10,12-14,18,20-21,38H,15-17,19H2,1-5H3/t20-,21-/m1/s1. The number of piperazine rings is 1. The van der Waals surface area contributed by atoms with Gasteiger partial charge < -0.3 is 19.5 Å². The van der Waals surface area contributed by atoms with Gasteiger partial charge in [0.1, 0.15) is 24.2 Å². The molecule has 10 heteroatoms. The van der Waals surface area contributed by atoms with E-state index >= 15 is 0 Å². The van der Waals surface area contributed by atoms with Crippen LogP contribution in [0, 0.1) is 11.3 Å². The minimum atomic E-state index is -0.983. The molecule has 5 heterocycles. The molecule has 0 amide bonds. The third-order valence-electron chi connectivity index (χ3n) is 7.16. The number of anilines is 1. The molecular weight excluding hydrogens is 506 g/mol. The van der Waals surface area contributed by atoms with Gasteiger partial charge in [-0.25, -0.2) is 14.5 Å². The molecule has 0 aliphatic carbocycles. The lowest BCUT2D eigenvalue weighted by atomic mass is 10.0. The number of hydrogen-bond acceptors (Lipinski definition) is 9. The van der Waals surface area contributed by atoms with Crippen molar-refractivity contribution in [3.8, 4) is 28.8 Å². The van der Waals surface area contributed by atoms with Crippen molar-refractivity contribution in [2.45, 2.75) is 51.9 Å². The molecule has 10 nitrogen and oxygen atoms in total. The van der Waals surface area contributed by atoms with Gasteiger partial charge in [-0.15, -0.1) is 0 Å². The van der Waals surface area contributed by atoms with E-state index in [1.54, 1.807) is 37.9 Å². The topological polar surface area (TPSA) is 112 Å². The van der Waals surface area contributed by atoms with E-state index < -0.39 is 5.60 Å². The molecule has 208 valence electrons. The van der Waals surface area contributed by atoms with Crippen LogP contribution >= 0.6 is 0 Å². The molecule has 2 atom stereocenters. The number of nitrogens with zero attached hydrogens (tertiary/aromatic N) is 7. The van der Waals surface area contributed by atoms with E-state index in [-0.39, 0.29) is 12.6 Å². The number of nitriles is 1.